The van der Waals surface area contributed by atoms with Crippen LogP contribution in [0.2, 0.25) is 5.02 Å². The topological polar surface area (TPSA) is 104 Å². The summed E-state index contributed by atoms with van der Waals surface area (Å²) in [5.74, 6) is -0.984. The summed E-state index contributed by atoms with van der Waals surface area (Å²) in [7, 11) is -6.93. The van der Waals surface area contributed by atoms with Crippen molar-refractivity contribution in [2.45, 2.75) is 23.8 Å². The van der Waals surface area contributed by atoms with Crippen LogP contribution in [0.5, 0.6) is 0 Å². The highest BCUT2D eigenvalue weighted by Crippen LogP contribution is 2.24. The second kappa shape index (κ2) is 8.10. The molecule has 0 unspecified atom stereocenters. The molecule has 162 valence electrons. The van der Waals surface area contributed by atoms with Crippen LogP contribution in [0.3, 0.4) is 0 Å². The van der Waals surface area contributed by atoms with Crippen LogP contribution >= 0.6 is 11.6 Å². The molecule has 0 spiro atoms. The van der Waals surface area contributed by atoms with Crippen molar-refractivity contribution >= 4 is 37.4 Å². The molecule has 8 nitrogen and oxygen atoms in total. The van der Waals surface area contributed by atoms with Crippen LogP contribution in [0, 0.1) is 5.82 Å². The summed E-state index contributed by atoms with van der Waals surface area (Å²) in [6.07, 6.45) is 0.382. The maximum Gasteiger partial charge on any atom is 0.243 e. The second-order valence-corrected chi connectivity index (χ2v) is 12.2. The number of hydrogen-bond donors (Lipinski definition) is 1. The zero-order chi connectivity index (χ0) is 21.4. The minimum Gasteiger partial charge on any atom is -0.349 e. The minimum atomic E-state index is -3.81. The average molecular weight is 468 g/mol. The molecule has 3 rings (SSSR count). The highest BCUT2D eigenvalue weighted by Gasteiger charge is 2.39. The molecule has 2 saturated heterocycles. The van der Waals surface area contributed by atoms with Gasteiger partial charge in [0.1, 0.15) is 5.82 Å². The van der Waals surface area contributed by atoms with Crippen LogP contribution in [0.15, 0.2) is 23.1 Å². The minimum absolute atomic E-state index is 0.0614. The van der Waals surface area contributed by atoms with Gasteiger partial charge in [-0.2, -0.15) is 4.31 Å². The van der Waals surface area contributed by atoms with Crippen molar-refractivity contribution < 1.29 is 26.0 Å². The summed E-state index contributed by atoms with van der Waals surface area (Å²) in [4.78, 5) is 14.1. The number of benzene rings is 1. The Morgan fingerprint density at radius 3 is 2.48 bits per heavy atom. The Labute approximate surface area is 175 Å². The highest BCUT2D eigenvalue weighted by molar-refractivity contribution is 7.91. The number of rotatable bonds is 5. The van der Waals surface area contributed by atoms with E-state index in [4.69, 9.17) is 11.6 Å². The summed E-state index contributed by atoms with van der Waals surface area (Å²) < 4.78 is 63.3. The fourth-order valence-electron chi connectivity index (χ4n) is 3.60. The number of nitrogens with one attached hydrogen (secondary N) is 1. The standard InChI is InChI=1S/C17H23ClFN3O5S2/c1-17(4-9-28(24,25)12-17)20-16(23)11-21-5-7-22(8-6-21)29(26,27)13-2-3-15(19)14(18)10-13/h2-3,10H,4-9,11-12H2,1H3,(H,20,23)/t17-/m0/s1. The Morgan fingerprint density at radius 2 is 1.93 bits per heavy atom. The first-order valence-electron chi connectivity index (χ1n) is 9.09. The van der Waals surface area contributed by atoms with Crippen molar-refractivity contribution in [1.82, 2.24) is 14.5 Å². The molecule has 2 aliphatic heterocycles. The maximum atomic E-state index is 13.3. The number of sulfonamides is 1. The lowest BCUT2D eigenvalue weighted by Gasteiger charge is -2.34. The predicted molar refractivity (Wildman–Crippen MR) is 106 cm³/mol. The Kier molecular flexibility index (Phi) is 6.26. The van der Waals surface area contributed by atoms with E-state index in [0.717, 1.165) is 12.1 Å². The molecule has 2 aliphatic rings. The van der Waals surface area contributed by atoms with Crippen LogP contribution in [-0.2, 0) is 24.7 Å². The summed E-state index contributed by atoms with van der Waals surface area (Å²) in [5, 5.41) is 2.53. The molecule has 12 heteroatoms. The zero-order valence-electron chi connectivity index (χ0n) is 15.9. The monoisotopic (exact) mass is 467 g/mol. The van der Waals surface area contributed by atoms with Gasteiger partial charge in [-0.3, -0.25) is 9.69 Å². The van der Waals surface area contributed by atoms with Crippen molar-refractivity contribution in [2.24, 2.45) is 0 Å². The van der Waals surface area contributed by atoms with Crippen molar-refractivity contribution in [2.75, 3.05) is 44.2 Å². The molecule has 1 amide bonds. The van der Waals surface area contributed by atoms with Gasteiger partial charge in [0.15, 0.2) is 9.84 Å². The van der Waals surface area contributed by atoms with Crippen molar-refractivity contribution in [3.8, 4) is 0 Å². The number of hydrogen-bond acceptors (Lipinski definition) is 6. The van der Waals surface area contributed by atoms with Crippen molar-refractivity contribution in [3.05, 3.63) is 29.0 Å². The lowest BCUT2D eigenvalue weighted by Crippen LogP contribution is -2.54. The molecular weight excluding hydrogens is 445 g/mol. The molecule has 1 atom stereocenters. The largest absolute Gasteiger partial charge is 0.349 e. The van der Waals surface area contributed by atoms with Gasteiger partial charge in [0.25, 0.3) is 0 Å². The molecule has 1 aromatic carbocycles. The maximum absolute atomic E-state index is 13.3. The van der Waals surface area contributed by atoms with E-state index in [1.165, 1.54) is 10.4 Å². The van der Waals surface area contributed by atoms with E-state index in [-0.39, 0.29) is 47.0 Å². The Morgan fingerprint density at radius 1 is 1.28 bits per heavy atom. The van der Waals surface area contributed by atoms with E-state index in [0.29, 0.717) is 19.5 Å². The lowest BCUT2D eigenvalue weighted by atomic mass is 10.0. The van der Waals surface area contributed by atoms with Crippen LogP contribution in [0.25, 0.3) is 0 Å². The third kappa shape index (κ3) is 5.26. The third-order valence-electron chi connectivity index (χ3n) is 5.17. The first kappa shape index (κ1) is 22.4. The molecule has 1 N–H and O–H groups in total. The molecule has 0 bridgehead atoms. The molecule has 0 aliphatic carbocycles. The van der Waals surface area contributed by atoms with Crippen molar-refractivity contribution in [3.63, 3.8) is 0 Å². The number of carbonyl (C=O) groups is 1. The van der Waals surface area contributed by atoms with E-state index in [2.05, 4.69) is 5.32 Å². The number of sulfone groups is 1. The molecule has 0 aromatic heterocycles. The van der Waals surface area contributed by atoms with E-state index in [9.17, 15) is 26.0 Å². The smallest absolute Gasteiger partial charge is 0.243 e. The summed E-state index contributed by atoms with van der Waals surface area (Å²) >= 11 is 5.69. The normalized spacial score (nSPS) is 25.8. The molecule has 2 heterocycles. The Bertz CT molecular complexity index is 1010. The highest BCUT2D eigenvalue weighted by atomic mass is 35.5. The van der Waals surface area contributed by atoms with Gasteiger partial charge >= 0.3 is 0 Å². The Balaban J connectivity index is 1.55. The Hall–Kier alpha value is -1.27. The number of halogens is 2. The van der Waals surface area contributed by atoms with Crippen molar-refractivity contribution in [1.29, 1.82) is 0 Å². The first-order chi connectivity index (χ1) is 13.4. The van der Waals surface area contributed by atoms with Gasteiger partial charge in [0.2, 0.25) is 15.9 Å². The summed E-state index contributed by atoms with van der Waals surface area (Å²) in [5.41, 5.74) is -0.761. The van der Waals surface area contributed by atoms with Gasteiger partial charge in [0.05, 0.1) is 33.5 Å². The SMILES string of the molecule is C[C@]1(NC(=O)CN2CCN(S(=O)(=O)c3ccc(F)c(Cl)c3)CC2)CCS(=O)(=O)C1. The van der Waals surface area contributed by atoms with E-state index < -0.39 is 31.2 Å². The van der Waals surface area contributed by atoms with Gasteiger partial charge in [-0.1, -0.05) is 11.6 Å². The van der Waals surface area contributed by atoms with Gasteiger partial charge < -0.3 is 5.32 Å². The number of carbonyl (C=O) groups excluding carboxylic acids is 1. The van der Waals surface area contributed by atoms with Crippen LogP contribution in [0.4, 0.5) is 4.39 Å². The average Bonchev–Trinajstić information content (AvgIpc) is 2.90. The molecule has 1 aromatic rings. The van der Waals surface area contributed by atoms with Gasteiger partial charge in [-0.15, -0.1) is 0 Å². The van der Waals surface area contributed by atoms with E-state index in [1.54, 1.807) is 6.92 Å². The van der Waals surface area contributed by atoms with Gasteiger partial charge in [-0.25, -0.2) is 21.2 Å². The summed E-state index contributed by atoms with van der Waals surface area (Å²) in [6.45, 7) is 2.82. The molecule has 0 radical (unpaired) electrons. The molecule has 2 fully saturated rings. The van der Waals surface area contributed by atoms with Crippen LogP contribution in [-0.4, -0.2) is 81.7 Å². The van der Waals surface area contributed by atoms with Gasteiger partial charge in [-0.05, 0) is 31.5 Å². The molecule has 0 saturated carbocycles. The van der Waals surface area contributed by atoms with Gasteiger partial charge in [0, 0.05) is 26.2 Å². The second-order valence-electron chi connectivity index (χ2n) is 7.71. The lowest BCUT2D eigenvalue weighted by molar-refractivity contribution is -0.124. The number of nitrogens with zero attached hydrogens (tertiary/aromatic N) is 2. The fraction of sp³-hybridized carbons (Fsp3) is 0.588. The number of piperazine rings is 1. The quantitative estimate of drug-likeness (QED) is 0.675. The van der Waals surface area contributed by atoms with Crippen LogP contribution in [0.1, 0.15) is 13.3 Å². The fourth-order valence-corrected chi connectivity index (χ4v) is 7.39. The van der Waals surface area contributed by atoms with Crippen LogP contribution < -0.4 is 5.32 Å². The number of amides is 1. The zero-order valence-corrected chi connectivity index (χ0v) is 18.3. The third-order valence-corrected chi connectivity index (χ3v) is 9.26. The molecular formula is C17H23ClFN3O5S2. The molecule has 29 heavy (non-hydrogen) atoms. The summed E-state index contributed by atoms with van der Waals surface area (Å²) in [6, 6.07) is 3.27. The van der Waals surface area contributed by atoms with E-state index in [1.807, 2.05) is 4.90 Å². The van der Waals surface area contributed by atoms with E-state index >= 15 is 0 Å². The first-order valence-corrected chi connectivity index (χ1v) is 12.7. The predicted octanol–water partition coefficient (Wildman–Crippen LogP) is 0.479.